The van der Waals surface area contributed by atoms with Crippen molar-refractivity contribution in [2.24, 2.45) is 0 Å². The monoisotopic (exact) mass is 448 g/mol. The molecule has 3 heterocycles. The van der Waals surface area contributed by atoms with Crippen molar-refractivity contribution in [1.29, 1.82) is 0 Å². The molecule has 9 heteroatoms. The van der Waals surface area contributed by atoms with Crippen molar-refractivity contribution in [3.8, 4) is 10.6 Å². The summed E-state index contributed by atoms with van der Waals surface area (Å²) in [6, 6.07) is 11.3. The molecule has 0 spiro atoms. The third kappa shape index (κ3) is 4.02. The summed E-state index contributed by atoms with van der Waals surface area (Å²) in [7, 11) is -3.56. The minimum Gasteiger partial charge on any atom is -0.352 e. The van der Waals surface area contributed by atoms with E-state index in [9.17, 15) is 8.42 Å². The molecule has 1 fully saturated rings. The fourth-order valence-corrected chi connectivity index (χ4v) is 6.00. The summed E-state index contributed by atoms with van der Waals surface area (Å²) in [4.78, 5) is 3.47. The topological polar surface area (TPSA) is 66.4 Å². The molecule has 0 N–H and O–H groups in total. The quantitative estimate of drug-likeness (QED) is 0.603. The van der Waals surface area contributed by atoms with Crippen LogP contribution in [0.4, 0.5) is 5.82 Å². The van der Waals surface area contributed by atoms with E-state index < -0.39 is 10.0 Å². The van der Waals surface area contributed by atoms with E-state index in [0.29, 0.717) is 41.7 Å². The molecular formula is C20H21ClN4O2S2. The third-order valence-corrected chi connectivity index (χ3v) is 8.40. The van der Waals surface area contributed by atoms with Gasteiger partial charge in [-0.1, -0.05) is 17.7 Å². The second-order valence-electron chi connectivity index (χ2n) is 7.01. The minimum absolute atomic E-state index is 0.327. The van der Waals surface area contributed by atoms with Gasteiger partial charge in [-0.15, -0.1) is 21.5 Å². The first-order valence-electron chi connectivity index (χ1n) is 9.26. The Morgan fingerprint density at radius 3 is 2.38 bits per heavy atom. The molecule has 1 aliphatic heterocycles. The van der Waals surface area contributed by atoms with E-state index in [4.69, 9.17) is 11.6 Å². The van der Waals surface area contributed by atoms with E-state index in [1.54, 1.807) is 30.4 Å². The number of anilines is 1. The first-order valence-corrected chi connectivity index (χ1v) is 12.0. The molecular weight excluding hydrogens is 428 g/mol. The van der Waals surface area contributed by atoms with Crippen molar-refractivity contribution in [2.45, 2.75) is 18.7 Å². The standard InChI is InChI=1S/C20H21ClN4O2S2/c1-14-13-19(15(2)12-16(14)21)29(26,27)25-9-7-24(8-10-25)20-6-5-17(22-23-20)18-4-3-11-28-18/h3-6,11-13H,7-10H2,1-2H3. The maximum atomic E-state index is 13.1. The molecule has 0 aliphatic carbocycles. The van der Waals surface area contributed by atoms with E-state index in [1.807, 2.05) is 36.6 Å². The van der Waals surface area contributed by atoms with Crippen LogP contribution in [0.2, 0.25) is 5.02 Å². The van der Waals surface area contributed by atoms with E-state index >= 15 is 0 Å². The average Bonchev–Trinajstić information content (AvgIpc) is 3.26. The highest BCUT2D eigenvalue weighted by Crippen LogP contribution is 2.28. The predicted molar refractivity (Wildman–Crippen MR) is 117 cm³/mol. The Kier molecular flexibility index (Phi) is 5.61. The number of halogens is 1. The summed E-state index contributed by atoms with van der Waals surface area (Å²) < 4.78 is 27.8. The van der Waals surface area contributed by atoms with Gasteiger partial charge in [-0.25, -0.2) is 8.42 Å². The first-order chi connectivity index (χ1) is 13.9. The number of piperazine rings is 1. The molecule has 1 saturated heterocycles. The lowest BCUT2D eigenvalue weighted by Gasteiger charge is -2.34. The largest absolute Gasteiger partial charge is 0.352 e. The van der Waals surface area contributed by atoms with Crippen molar-refractivity contribution >= 4 is 38.8 Å². The van der Waals surface area contributed by atoms with Crippen molar-refractivity contribution in [1.82, 2.24) is 14.5 Å². The zero-order valence-electron chi connectivity index (χ0n) is 16.2. The molecule has 0 saturated carbocycles. The van der Waals surface area contributed by atoms with Crippen molar-refractivity contribution in [2.75, 3.05) is 31.1 Å². The molecule has 0 radical (unpaired) electrons. The molecule has 152 valence electrons. The molecule has 1 aromatic carbocycles. The predicted octanol–water partition coefficient (Wildman–Crippen LogP) is 3.99. The lowest BCUT2D eigenvalue weighted by atomic mass is 10.2. The van der Waals surface area contributed by atoms with Crippen LogP contribution in [-0.2, 0) is 10.0 Å². The number of benzene rings is 1. The van der Waals surface area contributed by atoms with Crippen LogP contribution in [0.3, 0.4) is 0 Å². The van der Waals surface area contributed by atoms with E-state index in [-0.39, 0.29) is 0 Å². The fourth-order valence-electron chi connectivity index (χ4n) is 3.38. The smallest absolute Gasteiger partial charge is 0.243 e. The maximum absolute atomic E-state index is 13.1. The van der Waals surface area contributed by atoms with Gasteiger partial charge in [0, 0.05) is 31.2 Å². The molecule has 4 rings (SSSR count). The van der Waals surface area contributed by atoms with Gasteiger partial charge in [-0.3, -0.25) is 0 Å². The highest BCUT2D eigenvalue weighted by Gasteiger charge is 2.30. The van der Waals surface area contributed by atoms with Gasteiger partial charge in [-0.05, 0) is 60.7 Å². The van der Waals surface area contributed by atoms with Gasteiger partial charge in [0.05, 0.1) is 9.77 Å². The Labute approximate surface area is 179 Å². The molecule has 0 amide bonds. The number of hydrogen-bond donors (Lipinski definition) is 0. The van der Waals surface area contributed by atoms with E-state index in [2.05, 4.69) is 15.1 Å². The van der Waals surface area contributed by atoms with Gasteiger partial charge in [0.1, 0.15) is 5.69 Å². The van der Waals surface area contributed by atoms with Crippen molar-refractivity contribution in [3.63, 3.8) is 0 Å². The maximum Gasteiger partial charge on any atom is 0.243 e. The second-order valence-corrected chi connectivity index (χ2v) is 10.3. The summed E-state index contributed by atoms with van der Waals surface area (Å²) in [5.74, 6) is 0.765. The number of aromatic nitrogens is 2. The summed E-state index contributed by atoms with van der Waals surface area (Å²) >= 11 is 7.75. The Hall–Kier alpha value is -2.00. The molecule has 0 bridgehead atoms. The highest BCUT2D eigenvalue weighted by atomic mass is 35.5. The molecule has 29 heavy (non-hydrogen) atoms. The SMILES string of the molecule is Cc1cc(S(=O)(=O)N2CCN(c3ccc(-c4cccs4)nn3)CC2)c(C)cc1Cl. The van der Waals surface area contributed by atoms with Gasteiger partial charge in [0.2, 0.25) is 10.0 Å². The van der Waals surface area contributed by atoms with Crippen LogP contribution in [0.15, 0.2) is 46.7 Å². The number of thiophene rings is 1. The highest BCUT2D eigenvalue weighted by molar-refractivity contribution is 7.89. The van der Waals surface area contributed by atoms with Crippen molar-refractivity contribution in [3.05, 3.63) is 57.9 Å². The Bertz CT molecular complexity index is 1110. The number of sulfonamides is 1. The first kappa shape index (κ1) is 20.3. The fraction of sp³-hybridized carbons (Fsp3) is 0.300. The van der Waals surface area contributed by atoms with E-state index in [1.165, 1.54) is 4.31 Å². The van der Waals surface area contributed by atoms with Crippen LogP contribution < -0.4 is 4.90 Å². The number of aryl methyl sites for hydroxylation is 2. The van der Waals surface area contributed by atoms with Gasteiger partial charge in [0.25, 0.3) is 0 Å². The molecule has 2 aromatic heterocycles. The van der Waals surface area contributed by atoms with Crippen molar-refractivity contribution < 1.29 is 8.42 Å². The molecule has 1 aliphatic rings. The third-order valence-electron chi connectivity index (χ3n) is 5.06. The zero-order valence-corrected chi connectivity index (χ0v) is 18.6. The zero-order chi connectivity index (χ0) is 20.6. The summed E-state index contributed by atoms with van der Waals surface area (Å²) in [5.41, 5.74) is 2.27. The van der Waals surface area contributed by atoms with Gasteiger partial charge in [0.15, 0.2) is 5.82 Å². The Morgan fingerprint density at radius 2 is 1.76 bits per heavy atom. The number of rotatable bonds is 4. The lowest BCUT2D eigenvalue weighted by Crippen LogP contribution is -2.49. The normalized spacial score (nSPS) is 15.6. The number of hydrogen-bond acceptors (Lipinski definition) is 6. The second kappa shape index (κ2) is 8.02. The number of nitrogens with zero attached hydrogens (tertiary/aromatic N) is 4. The van der Waals surface area contributed by atoms with Crippen LogP contribution in [0, 0.1) is 13.8 Å². The van der Waals surface area contributed by atoms with Crippen LogP contribution in [0.25, 0.3) is 10.6 Å². The molecule has 6 nitrogen and oxygen atoms in total. The average molecular weight is 449 g/mol. The summed E-state index contributed by atoms with van der Waals surface area (Å²) in [6.07, 6.45) is 0. The van der Waals surface area contributed by atoms with Gasteiger partial charge < -0.3 is 4.90 Å². The Morgan fingerprint density at radius 1 is 1.00 bits per heavy atom. The lowest BCUT2D eigenvalue weighted by molar-refractivity contribution is 0.383. The minimum atomic E-state index is -3.56. The molecule has 3 aromatic rings. The summed E-state index contributed by atoms with van der Waals surface area (Å²) in [6.45, 7) is 5.53. The summed E-state index contributed by atoms with van der Waals surface area (Å²) in [5, 5.41) is 11.2. The van der Waals surface area contributed by atoms with Crippen LogP contribution in [-0.4, -0.2) is 49.1 Å². The molecule has 0 unspecified atom stereocenters. The van der Waals surface area contributed by atoms with Gasteiger partial charge in [-0.2, -0.15) is 4.31 Å². The van der Waals surface area contributed by atoms with Crippen LogP contribution >= 0.6 is 22.9 Å². The van der Waals surface area contributed by atoms with Crippen LogP contribution in [0.1, 0.15) is 11.1 Å². The molecule has 0 atom stereocenters. The Balaban J connectivity index is 1.47. The van der Waals surface area contributed by atoms with Gasteiger partial charge >= 0.3 is 0 Å². The van der Waals surface area contributed by atoms with E-state index in [0.717, 1.165) is 22.0 Å². The van der Waals surface area contributed by atoms with Crippen LogP contribution in [0.5, 0.6) is 0 Å².